The summed E-state index contributed by atoms with van der Waals surface area (Å²) in [7, 11) is 5.35. The van der Waals surface area contributed by atoms with Crippen molar-refractivity contribution in [3.05, 3.63) is 17.0 Å². The Hall–Kier alpha value is -1.03. The minimum Gasteiger partial charge on any atom is -0.380 e. The van der Waals surface area contributed by atoms with Gasteiger partial charge in [-0.3, -0.25) is 4.79 Å². The standard InChI is InChI=1S/C8H12N2OS/c1-9-7-5-4-6(12-7)8(11)10(2)3/h4-5,9H,1-3H3. The highest BCUT2D eigenvalue weighted by Gasteiger charge is 2.09. The Morgan fingerprint density at radius 1 is 1.50 bits per heavy atom. The monoisotopic (exact) mass is 184 g/mol. The third-order valence-corrected chi connectivity index (χ3v) is 2.56. The van der Waals surface area contributed by atoms with E-state index in [4.69, 9.17) is 0 Å². The molecule has 0 saturated carbocycles. The molecule has 66 valence electrons. The van der Waals surface area contributed by atoms with E-state index < -0.39 is 0 Å². The fourth-order valence-corrected chi connectivity index (χ4v) is 1.69. The van der Waals surface area contributed by atoms with Crippen LogP contribution >= 0.6 is 11.3 Å². The maximum atomic E-state index is 11.4. The molecule has 1 aromatic heterocycles. The lowest BCUT2D eigenvalue weighted by Gasteiger charge is -2.06. The number of hydrogen-bond donors (Lipinski definition) is 1. The zero-order valence-electron chi connectivity index (χ0n) is 7.42. The van der Waals surface area contributed by atoms with Crippen molar-refractivity contribution in [2.24, 2.45) is 0 Å². The molecule has 0 aliphatic carbocycles. The first-order chi connectivity index (χ1) is 5.65. The maximum absolute atomic E-state index is 11.4. The van der Waals surface area contributed by atoms with Gasteiger partial charge in [-0.1, -0.05) is 0 Å². The molecule has 1 aromatic rings. The molecule has 1 heterocycles. The average molecular weight is 184 g/mol. The summed E-state index contributed by atoms with van der Waals surface area (Å²) in [6.45, 7) is 0. The first kappa shape index (κ1) is 9.06. The van der Waals surface area contributed by atoms with E-state index in [0.29, 0.717) is 0 Å². The van der Waals surface area contributed by atoms with E-state index in [1.165, 1.54) is 11.3 Å². The summed E-state index contributed by atoms with van der Waals surface area (Å²) in [4.78, 5) is 13.7. The van der Waals surface area contributed by atoms with Crippen LogP contribution in [0.25, 0.3) is 0 Å². The quantitative estimate of drug-likeness (QED) is 0.755. The fraction of sp³-hybridized carbons (Fsp3) is 0.375. The van der Waals surface area contributed by atoms with Crippen molar-refractivity contribution in [1.82, 2.24) is 4.90 Å². The smallest absolute Gasteiger partial charge is 0.263 e. The first-order valence-electron chi connectivity index (χ1n) is 3.64. The van der Waals surface area contributed by atoms with Crippen LogP contribution in [0.4, 0.5) is 5.00 Å². The van der Waals surface area contributed by atoms with Gasteiger partial charge < -0.3 is 10.2 Å². The zero-order chi connectivity index (χ0) is 9.14. The SMILES string of the molecule is CNc1ccc(C(=O)N(C)C)s1. The van der Waals surface area contributed by atoms with Crippen LogP contribution < -0.4 is 5.32 Å². The molecule has 0 unspecified atom stereocenters. The van der Waals surface area contributed by atoms with Gasteiger partial charge in [0, 0.05) is 21.1 Å². The molecular formula is C8H12N2OS. The highest BCUT2D eigenvalue weighted by atomic mass is 32.1. The fourth-order valence-electron chi connectivity index (χ4n) is 0.808. The molecule has 0 bridgehead atoms. The molecule has 0 aliphatic heterocycles. The lowest BCUT2D eigenvalue weighted by molar-refractivity contribution is 0.0832. The van der Waals surface area contributed by atoms with Gasteiger partial charge in [0.25, 0.3) is 5.91 Å². The van der Waals surface area contributed by atoms with Crippen molar-refractivity contribution in [1.29, 1.82) is 0 Å². The predicted molar refractivity (Wildman–Crippen MR) is 51.9 cm³/mol. The first-order valence-corrected chi connectivity index (χ1v) is 4.46. The number of amides is 1. The molecule has 0 saturated heterocycles. The molecule has 0 fully saturated rings. The van der Waals surface area contributed by atoms with Crippen molar-refractivity contribution in [3.8, 4) is 0 Å². The topological polar surface area (TPSA) is 32.3 Å². The molecule has 0 aliphatic rings. The lowest BCUT2D eigenvalue weighted by Crippen LogP contribution is -2.20. The van der Waals surface area contributed by atoms with E-state index >= 15 is 0 Å². The van der Waals surface area contributed by atoms with Crippen LogP contribution in [-0.4, -0.2) is 32.0 Å². The molecular weight excluding hydrogens is 172 g/mol. The van der Waals surface area contributed by atoms with Crippen molar-refractivity contribution in [3.63, 3.8) is 0 Å². The van der Waals surface area contributed by atoms with E-state index in [9.17, 15) is 4.79 Å². The van der Waals surface area contributed by atoms with Gasteiger partial charge in [-0.15, -0.1) is 11.3 Å². The maximum Gasteiger partial charge on any atom is 0.263 e. The van der Waals surface area contributed by atoms with Crippen molar-refractivity contribution in [2.75, 3.05) is 26.5 Å². The van der Waals surface area contributed by atoms with E-state index in [0.717, 1.165) is 9.88 Å². The summed E-state index contributed by atoms with van der Waals surface area (Å²) in [6, 6.07) is 3.74. The highest BCUT2D eigenvalue weighted by molar-refractivity contribution is 7.17. The summed E-state index contributed by atoms with van der Waals surface area (Å²) < 4.78 is 0. The van der Waals surface area contributed by atoms with Gasteiger partial charge in [0.1, 0.15) is 0 Å². The Bertz CT molecular complexity index is 280. The minimum atomic E-state index is 0.0569. The van der Waals surface area contributed by atoms with E-state index in [2.05, 4.69) is 5.32 Å². The van der Waals surface area contributed by atoms with E-state index in [1.807, 2.05) is 19.2 Å². The van der Waals surface area contributed by atoms with Crippen LogP contribution in [0.15, 0.2) is 12.1 Å². The third kappa shape index (κ3) is 1.76. The van der Waals surface area contributed by atoms with Gasteiger partial charge in [0.05, 0.1) is 9.88 Å². The van der Waals surface area contributed by atoms with Crippen LogP contribution in [0.5, 0.6) is 0 Å². The van der Waals surface area contributed by atoms with Crippen LogP contribution in [-0.2, 0) is 0 Å². The summed E-state index contributed by atoms with van der Waals surface area (Å²) in [6.07, 6.45) is 0. The van der Waals surface area contributed by atoms with Crippen LogP contribution in [0.1, 0.15) is 9.67 Å². The number of carbonyl (C=O) groups excluding carboxylic acids is 1. The van der Waals surface area contributed by atoms with Crippen molar-refractivity contribution >= 4 is 22.2 Å². The summed E-state index contributed by atoms with van der Waals surface area (Å²) in [5.74, 6) is 0.0569. The zero-order valence-corrected chi connectivity index (χ0v) is 8.23. The van der Waals surface area contributed by atoms with Gasteiger partial charge in [0.2, 0.25) is 0 Å². The summed E-state index contributed by atoms with van der Waals surface area (Å²) in [5.41, 5.74) is 0. The number of rotatable bonds is 2. The van der Waals surface area contributed by atoms with Crippen molar-refractivity contribution < 1.29 is 4.79 Å². The number of thiophene rings is 1. The summed E-state index contributed by atoms with van der Waals surface area (Å²) in [5, 5.41) is 4.00. The molecule has 3 nitrogen and oxygen atoms in total. The number of anilines is 1. The Kier molecular flexibility index (Phi) is 2.70. The van der Waals surface area contributed by atoms with Crippen LogP contribution in [0.3, 0.4) is 0 Å². The number of nitrogens with one attached hydrogen (secondary N) is 1. The molecule has 0 aromatic carbocycles. The molecule has 0 spiro atoms. The predicted octanol–water partition coefficient (Wildman–Crippen LogP) is 1.49. The minimum absolute atomic E-state index is 0.0569. The molecule has 0 atom stereocenters. The molecule has 1 amide bonds. The normalized spacial score (nSPS) is 9.58. The van der Waals surface area contributed by atoms with Gasteiger partial charge >= 0.3 is 0 Å². The van der Waals surface area contributed by atoms with Crippen LogP contribution in [0, 0.1) is 0 Å². The Balaban J connectivity index is 2.82. The van der Waals surface area contributed by atoms with Crippen LogP contribution in [0.2, 0.25) is 0 Å². The highest BCUT2D eigenvalue weighted by Crippen LogP contribution is 2.21. The van der Waals surface area contributed by atoms with Gasteiger partial charge in [-0.2, -0.15) is 0 Å². The molecule has 4 heteroatoms. The lowest BCUT2D eigenvalue weighted by atomic mass is 10.4. The van der Waals surface area contributed by atoms with Gasteiger partial charge in [0.15, 0.2) is 0 Å². The molecule has 1 N–H and O–H groups in total. The molecule has 0 radical (unpaired) electrons. The number of nitrogens with zero attached hydrogens (tertiary/aromatic N) is 1. The Morgan fingerprint density at radius 2 is 2.17 bits per heavy atom. The third-order valence-electron chi connectivity index (χ3n) is 1.47. The summed E-state index contributed by atoms with van der Waals surface area (Å²) >= 11 is 1.47. The second kappa shape index (κ2) is 3.58. The van der Waals surface area contributed by atoms with Crippen molar-refractivity contribution in [2.45, 2.75) is 0 Å². The average Bonchev–Trinajstić information content (AvgIpc) is 2.50. The van der Waals surface area contributed by atoms with Gasteiger partial charge in [-0.05, 0) is 12.1 Å². The molecule has 1 rings (SSSR count). The number of hydrogen-bond acceptors (Lipinski definition) is 3. The second-order valence-electron chi connectivity index (χ2n) is 2.61. The molecule has 12 heavy (non-hydrogen) atoms. The Morgan fingerprint density at radius 3 is 2.58 bits per heavy atom. The number of carbonyl (C=O) groups is 1. The van der Waals surface area contributed by atoms with Gasteiger partial charge in [-0.25, -0.2) is 0 Å². The largest absolute Gasteiger partial charge is 0.380 e. The van der Waals surface area contributed by atoms with E-state index in [1.54, 1.807) is 19.0 Å². The Labute approximate surface area is 76.0 Å². The van der Waals surface area contributed by atoms with E-state index in [-0.39, 0.29) is 5.91 Å². The second-order valence-corrected chi connectivity index (χ2v) is 3.70.